The van der Waals surface area contributed by atoms with Gasteiger partial charge in [-0.1, -0.05) is 29.8 Å². The maximum absolute atomic E-state index is 6.50. The molecule has 4 nitrogen and oxygen atoms in total. The molecule has 0 aromatic heterocycles. The van der Waals surface area contributed by atoms with E-state index in [4.69, 9.17) is 22.1 Å². The summed E-state index contributed by atoms with van der Waals surface area (Å²) in [5, 5.41) is 4.08. The topological polar surface area (TPSA) is 50.5 Å². The van der Waals surface area contributed by atoms with Crippen LogP contribution in [0, 0.1) is 0 Å². The Bertz CT molecular complexity index is 743. The minimum absolute atomic E-state index is 0.0381. The number of halogens is 1. The number of nitrogens with one attached hydrogen (secondary N) is 1. The number of ether oxygens (including phenoxy) is 1. The lowest BCUT2D eigenvalue weighted by Crippen LogP contribution is -2.43. The first-order chi connectivity index (χ1) is 11.8. The Morgan fingerprint density at radius 1 is 1.21 bits per heavy atom. The summed E-state index contributed by atoms with van der Waals surface area (Å²) in [7, 11) is 0. The summed E-state index contributed by atoms with van der Waals surface area (Å²) in [5.74, 6) is 0.801. The fourth-order valence-corrected chi connectivity index (χ4v) is 3.86. The quantitative estimate of drug-likeness (QED) is 0.899. The van der Waals surface area contributed by atoms with E-state index in [1.165, 1.54) is 11.3 Å². The molecule has 2 aliphatic rings. The third-order valence-corrected chi connectivity index (χ3v) is 5.07. The molecule has 2 aromatic rings. The first kappa shape index (κ1) is 15.8. The van der Waals surface area contributed by atoms with Gasteiger partial charge in [0.15, 0.2) is 0 Å². The van der Waals surface area contributed by atoms with E-state index >= 15 is 0 Å². The highest BCUT2D eigenvalue weighted by Crippen LogP contribution is 2.41. The van der Waals surface area contributed by atoms with Gasteiger partial charge in [-0.2, -0.15) is 0 Å². The summed E-state index contributed by atoms with van der Waals surface area (Å²) < 4.78 is 5.85. The van der Waals surface area contributed by atoms with Crippen LogP contribution in [0.5, 0.6) is 5.75 Å². The van der Waals surface area contributed by atoms with Crippen molar-refractivity contribution in [2.75, 3.05) is 37.6 Å². The van der Waals surface area contributed by atoms with E-state index < -0.39 is 0 Å². The second-order valence-electron chi connectivity index (χ2n) is 6.38. The van der Waals surface area contributed by atoms with Crippen molar-refractivity contribution in [3.05, 3.63) is 47.0 Å². The summed E-state index contributed by atoms with van der Waals surface area (Å²) in [6.45, 7) is 4.59. The summed E-state index contributed by atoms with van der Waals surface area (Å²) in [6.07, 6.45) is 0.867. The fourth-order valence-electron chi connectivity index (χ4n) is 3.57. The smallest absolute Gasteiger partial charge is 0.141 e. The number of hydrogen-bond acceptors (Lipinski definition) is 4. The molecule has 1 unspecified atom stereocenters. The van der Waals surface area contributed by atoms with E-state index in [1.54, 1.807) is 0 Å². The number of rotatable bonds is 3. The van der Waals surface area contributed by atoms with Gasteiger partial charge in [0.05, 0.1) is 5.02 Å². The van der Waals surface area contributed by atoms with Crippen LogP contribution in [0.2, 0.25) is 5.02 Å². The van der Waals surface area contributed by atoms with Crippen LogP contribution in [-0.2, 0) is 6.42 Å². The standard InChI is InChI=1S/C19H22ClN3O/c20-17-11-13(9-14-10-15(12-21)24-19(14)17)16-3-1-2-4-18(16)23-7-5-22-6-8-23/h1-4,9,11,15,22H,5-8,10,12,21H2. The molecule has 0 spiro atoms. The van der Waals surface area contributed by atoms with Crippen LogP contribution in [0.3, 0.4) is 0 Å². The number of benzene rings is 2. The summed E-state index contributed by atoms with van der Waals surface area (Å²) in [4.78, 5) is 2.44. The maximum Gasteiger partial charge on any atom is 0.141 e. The monoisotopic (exact) mass is 343 g/mol. The number of anilines is 1. The molecule has 1 saturated heterocycles. The Morgan fingerprint density at radius 2 is 2.00 bits per heavy atom. The number of fused-ring (bicyclic) bond motifs is 1. The maximum atomic E-state index is 6.50. The Balaban J connectivity index is 1.74. The van der Waals surface area contributed by atoms with Crippen LogP contribution in [0.15, 0.2) is 36.4 Å². The molecular weight excluding hydrogens is 322 g/mol. The third-order valence-electron chi connectivity index (χ3n) is 4.79. The van der Waals surface area contributed by atoms with E-state index in [1.807, 2.05) is 6.07 Å². The summed E-state index contributed by atoms with van der Waals surface area (Å²) >= 11 is 6.50. The van der Waals surface area contributed by atoms with E-state index in [0.717, 1.165) is 49.5 Å². The van der Waals surface area contributed by atoms with E-state index in [9.17, 15) is 0 Å². The molecule has 3 N–H and O–H groups in total. The van der Waals surface area contributed by atoms with Crippen LogP contribution >= 0.6 is 11.6 Å². The van der Waals surface area contributed by atoms with Crippen LogP contribution in [-0.4, -0.2) is 38.8 Å². The molecule has 24 heavy (non-hydrogen) atoms. The second-order valence-corrected chi connectivity index (χ2v) is 6.79. The van der Waals surface area contributed by atoms with E-state index in [2.05, 4.69) is 40.5 Å². The van der Waals surface area contributed by atoms with Crippen molar-refractivity contribution < 1.29 is 4.74 Å². The van der Waals surface area contributed by atoms with Crippen molar-refractivity contribution >= 4 is 17.3 Å². The lowest BCUT2D eigenvalue weighted by Gasteiger charge is -2.31. The first-order valence-corrected chi connectivity index (χ1v) is 8.88. The second kappa shape index (κ2) is 6.63. The van der Waals surface area contributed by atoms with Gasteiger partial charge in [0.25, 0.3) is 0 Å². The zero-order valence-corrected chi connectivity index (χ0v) is 14.4. The van der Waals surface area contributed by atoms with Gasteiger partial charge in [-0.3, -0.25) is 0 Å². The molecule has 0 bridgehead atoms. The molecule has 2 heterocycles. The molecule has 4 rings (SSSR count). The Kier molecular flexibility index (Phi) is 4.35. The van der Waals surface area contributed by atoms with Gasteiger partial charge < -0.3 is 20.7 Å². The van der Waals surface area contributed by atoms with Gasteiger partial charge in [0.1, 0.15) is 11.9 Å². The van der Waals surface area contributed by atoms with Gasteiger partial charge in [0.2, 0.25) is 0 Å². The van der Waals surface area contributed by atoms with Crippen LogP contribution in [0.1, 0.15) is 5.56 Å². The van der Waals surface area contributed by atoms with Crippen molar-refractivity contribution in [2.45, 2.75) is 12.5 Å². The average Bonchev–Trinajstić information content (AvgIpc) is 3.06. The number of para-hydroxylation sites is 1. The predicted molar refractivity (Wildman–Crippen MR) is 99.1 cm³/mol. The minimum atomic E-state index is 0.0381. The molecule has 5 heteroatoms. The molecule has 1 atom stereocenters. The molecular formula is C19H22ClN3O. The number of piperazine rings is 1. The molecule has 0 aliphatic carbocycles. The Labute approximate surface area is 147 Å². The van der Waals surface area contributed by atoms with Gasteiger partial charge in [-0.05, 0) is 23.8 Å². The van der Waals surface area contributed by atoms with Crippen LogP contribution < -0.4 is 20.7 Å². The summed E-state index contributed by atoms with van der Waals surface area (Å²) in [6, 6.07) is 12.8. The van der Waals surface area contributed by atoms with Gasteiger partial charge >= 0.3 is 0 Å². The molecule has 2 aliphatic heterocycles. The SMILES string of the molecule is NCC1Cc2cc(-c3ccccc3N3CCNCC3)cc(Cl)c2O1. The largest absolute Gasteiger partial charge is 0.487 e. The highest BCUT2D eigenvalue weighted by molar-refractivity contribution is 6.32. The van der Waals surface area contributed by atoms with Crippen molar-refractivity contribution in [3.8, 4) is 16.9 Å². The molecule has 0 radical (unpaired) electrons. The van der Waals surface area contributed by atoms with E-state index in [0.29, 0.717) is 11.6 Å². The van der Waals surface area contributed by atoms with Crippen molar-refractivity contribution in [2.24, 2.45) is 5.73 Å². The minimum Gasteiger partial charge on any atom is -0.487 e. The molecule has 0 amide bonds. The van der Waals surface area contributed by atoms with Crippen molar-refractivity contribution in [3.63, 3.8) is 0 Å². The Hall–Kier alpha value is -1.75. The highest BCUT2D eigenvalue weighted by atomic mass is 35.5. The molecule has 1 fully saturated rings. The summed E-state index contributed by atoms with van der Waals surface area (Å²) in [5.41, 5.74) is 10.5. The van der Waals surface area contributed by atoms with Crippen molar-refractivity contribution in [1.82, 2.24) is 5.32 Å². The van der Waals surface area contributed by atoms with Crippen LogP contribution in [0.4, 0.5) is 5.69 Å². The van der Waals surface area contributed by atoms with Gasteiger partial charge in [-0.15, -0.1) is 0 Å². The molecule has 126 valence electrons. The molecule has 2 aromatic carbocycles. The van der Waals surface area contributed by atoms with Crippen molar-refractivity contribution in [1.29, 1.82) is 0 Å². The number of hydrogen-bond donors (Lipinski definition) is 2. The van der Waals surface area contributed by atoms with Crippen LogP contribution in [0.25, 0.3) is 11.1 Å². The molecule has 0 saturated carbocycles. The predicted octanol–water partition coefficient (Wildman–Crippen LogP) is 2.68. The van der Waals surface area contributed by atoms with E-state index in [-0.39, 0.29) is 6.10 Å². The third kappa shape index (κ3) is 2.86. The Morgan fingerprint density at radius 3 is 2.79 bits per heavy atom. The highest BCUT2D eigenvalue weighted by Gasteiger charge is 2.25. The average molecular weight is 344 g/mol. The number of nitrogens with two attached hydrogens (primary N) is 1. The van der Waals surface area contributed by atoms with Gasteiger partial charge in [-0.25, -0.2) is 0 Å². The zero-order valence-electron chi connectivity index (χ0n) is 13.6. The fraction of sp³-hybridized carbons (Fsp3) is 0.368. The first-order valence-electron chi connectivity index (χ1n) is 8.50. The normalized spacial score (nSPS) is 19.9. The lowest BCUT2D eigenvalue weighted by atomic mass is 9.98. The van der Waals surface area contributed by atoms with Gasteiger partial charge in [0, 0.05) is 56.0 Å². The number of nitrogens with zero attached hydrogens (tertiary/aromatic N) is 1. The lowest BCUT2D eigenvalue weighted by molar-refractivity contribution is 0.241. The zero-order chi connectivity index (χ0) is 16.5.